The van der Waals surface area contributed by atoms with Gasteiger partial charge in [-0.05, 0) is 129 Å². The fourth-order valence-corrected chi connectivity index (χ4v) is 6.65. The molecule has 5 nitrogen and oxygen atoms in total. The van der Waals surface area contributed by atoms with Crippen LogP contribution in [0.25, 0.3) is 0 Å². The molecule has 1 aliphatic carbocycles. The molecule has 0 aromatic heterocycles. The molecule has 1 aliphatic heterocycles. The third-order valence-corrected chi connectivity index (χ3v) is 9.03. The lowest BCUT2D eigenvalue weighted by atomic mass is 9.79. The number of ether oxygens (including phenoxy) is 2. The molecular weight excluding hydrogens is 508 g/mol. The summed E-state index contributed by atoms with van der Waals surface area (Å²) in [7, 11) is 3.40. The van der Waals surface area contributed by atoms with Crippen LogP contribution in [0.4, 0.5) is 5.69 Å². The van der Waals surface area contributed by atoms with Crippen molar-refractivity contribution in [1.29, 1.82) is 0 Å². The minimum Gasteiger partial charge on any atom is -0.508 e. The topological polar surface area (TPSA) is 54.0 Å². The van der Waals surface area contributed by atoms with Crippen molar-refractivity contribution in [3.63, 3.8) is 0 Å². The van der Waals surface area contributed by atoms with Crippen LogP contribution in [-0.4, -0.2) is 50.4 Å². The molecule has 0 saturated carbocycles. The van der Waals surface area contributed by atoms with Crippen LogP contribution in [-0.2, 0) is 25.7 Å². The number of benzene rings is 3. The molecule has 0 amide bonds. The second-order valence-corrected chi connectivity index (χ2v) is 11.9. The van der Waals surface area contributed by atoms with Gasteiger partial charge in [-0.25, -0.2) is 0 Å². The highest BCUT2D eigenvalue weighted by atomic mass is 16.5. The van der Waals surface area contributed by atoms with Crippen molar-refractivity contribution in [2.24, 2.45) is 0 Å². The van der Waals surface area contributed by atoms with Crippen molar-refractivity contribution in [3.05, 3.63) is 82.4 Å². The van der Waals surface area contributed by atoms with E-state index in [0.29, 0.717) is 11.7 Å². The molecule has 2 N–H and O–H groups in total. The molecule has 41 heavy (non-hydrogen) atoms. The lowest BCUT2D eigenvalue weighted by Gasteiger charge is -2.28. The van der Waals surface area contributed by atoms with Gasteiger partial charge in [-0.1, -0.05) is 43.2 Å². The number of phenolic OH excluding ortho intramolecular Hbond substituents is 1. The van der Waals surface area contributed by atoms with Gasteiger partial charge in [0.05, 0.1) is 14.2 Å². The van der Waals surface area contributed by atoms with Crippen LogP contribution in [0.3, 0.4) is 0 Å². The van der Waals surface area contributed by atoms with Crippen LogP contribution in [0.5, 0.6) is 17.2 Å². The third kappa shape index (κ3) is 7.97. The average molecular weight is 557 g/mol. The molecule has 0 bridgehead atoms. The van der Waals surface area contributed by atoms with Gasteiger partial charge in [0, 0.05) is 18.3 Å². The van der Waals surface area contributed by atoms with E-state index >= 15 is 0 Å². The first-order valence-electron chi connectivity index (χ1n) is 15.7. The van der Waals surface area contributed by atoms with E-state index in [-0.39, 0.29) is 0 Å². The van der Waals surface area contributed by atoms with Gasteiger partial charge in [-0.15, -0.1) is 0 Å². The second kappa shape index (κ2) is 14.6. The number of aromatic hydroxyl groups is 1. The number of aryl methyl sites for hydroxylation is 3. The first-order valence-corrected chi connectivity index (χ1v) is 15.7. The minimum atomic E-state index is 0.355. The van der Waals surface area contributed by atoms with Gasteiger partial charge in [-0.2, -0.15) is 0 Å². The summed E-state index contributed by atoms with van der Waals surface area (Å²) < 4.78 is 11.3. The predicted octanol–water partition coefficient (Wildman–Crippen LogP) is 7.54. The van der Waals surface area contributed by atoms with E-state index in [9.17, 15) is 5.11 Å². The van der Waals surface area contributed by atoms with E-state index in [0.717, 1.165) is 55.8 Å². The number of hydrogen-bond acceptors (Lipinski definition) is 5. The summed E-state index contributed by atoms with van der Waals surface area (Å²) in [6.45, 7) is 4.72. The van der Waals surface area contributed by atoms with Crippen molar-refractivity contribution in [2.45, 2.75) is 76.5 Å². The van der Waals surface area contributed by atoms with Crippen LogP contribution >= 0.6 is 0 Å². The van der Waals surface area contributed by atoms with Crippen LogP contribution in [0.1, 0.15) is 78.7 Å². The van der Waals surface area contributed by atoms with Gasteiger partial charge in [0.25, 0.3) is 0 Å². The lowest BCUT2D eigenvalue weighted by molar-refractivity contribution is 0.281. The fourth-order valence-electron chi connectivity index (χ4n) is 6.65. The van der Waals surface area contributed by atoms with E-state index in [1.165, 1.54) is 86.0 Å². The Bertz CT molecular complexity index is 1250. The second-order valence-electron chi connectivity index (χ2n) is 11.9. The maximum atomic E-state index is 9.90. The number of fused-ring (bicyclic) bond motifs is 1. The summed E-state index contributed by atoms with van der Waals surface area (Å²) in [6.07, 6.45) is 13.1. The van der Waals surface area contributed by atoms with Gasteiger partial charge in [0.15, 0.2) is 11.5 Å². The number of hydrogen-bond donors (Lipinski definition) is 2. The summed E-state index contributed by atoms with van der Waals surface area (Å²) in [5.41, 5.74) is 7.87. The van der Waals surface area contributed by atoms with Gasteiger partial charge in [0.2, 0.25) is 0 Å². The van der Waals surface area contributed by atoms with Crippen LogP contribution in [0, 0.1) is 0 Å². The van der Waals surface area contributed by atoms with Gasteiger partial charge in [-0.3, -0.25) is 0 Å². The lowest BCUT2D eigenvalue weighted by Crippen LogP contribution is -2.26. The van der Waals surface area contributed by atoms with Crippen LogP contribution in [0.2, 0.25) is 0 Å². The van der Waals surface area contributed by atoms with E-state index in [1.54, 1.807) is 20.3 Å². The van der Waals surface area contributed by atoms with E-state index in [1.807, 2.05) is 6.07 Å². The van der Waals surface area contributed by atoms with Crippen molar-refractivity contribution < 1.29 is 14.6 Å². The van der Waals surface area contributed by atoms with Crippen molar-refractivity contribution >= 4 is 5.69 Å². The van der Waals surface area contributed by atoms with Gasteiger partial charge >= 0.3 is 0 Å². The molecule has 5 heteroatoms. The number of nitrogens with zero attached hydrogens (tertiary/aromatic N) is 1. The maximum absolute atomic E-state index is 9.90. The normalized spacial score (nSPS) is 17.5. The summed E-state index contributed by atoms with van der Waals surface area (Å²) in [5.74, 6) is 2.28. The molecule has 1 atom stereocenters. The fraction of sp³-hybridized carbons (Fsp3) is 0.500. The first-order chi connectivity index (χ1) is 20.1. The molecule has 1 heterocycles. The number of likely N-dealkylation sites (tertiary alicyclic amines) is 1. The Labute approximate surface area is 246 Å². The standard InChI is InChI=1S/C36H48N2O3/c1-40-35-25-33(31-16-15-30-24-32(39)18-17-29(30)23-31)34(26-36(35)41-2)37-19-7-9-27-11-13-28(14-12-27)10-8-22-38-20-5-3-4-6-21-38/h11-14,17-18,24-26,31,37,39H,3-10,15-16,19-23H2,1-2H3. The predicted molar refractivity (Wildman–Crippen MR) is 169 cm³/mol. The molecule has 0 spiro atoms. The molecular formula is C36H48N2O3. The molecule has 3 aromatic carbocycles. The summed E-state index contributed by atoms with van der Waals surface area (Å²) >= 11 is 0. The zero-order valence-corrected chi connectivity index (χ0v) is 25.1. The molecule has 0 radical (unpaired) electrons. The highest BCUT2D eigenvalue weighted by Gasteiger charge is 2.24. The highest BCUT2D eigenvalue weighted by molar-refractivity contribution is 5.62. The van der Waals surface area contributed by atoms with E-state index in [2.05, 4.69) is 52.7 Å². The van der Waals surface area contributed by atoms with Crippen LogP contribution in [0.15, 0.2) is 54.6 Å². The number of nitrogens with one attached hydrogen (secondary N) is 1. The molecule has 1 fully saturated rings. The first kappa shape index (κ1) is 29.3. The van der Waals surface area contributed by atoms with Gasteiger partial charge in [0.1, 0.15) is 5.75 Å². The molecule has 5 rings (SSSR count). The van der Waals surface area contributed by atoms with E-state index in [4.69, 9.17) is 9.47 Å². The number of methoxy groups -OCH3 is 2. The Morgan fingerprint density at radius 2 is 1.49 bits per heavy atom. The molecule has 220 valence electrons. The molecule has 3 aromatic rings. The zero-order chi connectivity index (χ0) is 28.4. The number of anilines is 1. The SMILES string of the molecule is COc1cc(NCCCc2ccc(CCCN3CCCCCC3)cc2)c(C2CCc3cc(O)ccc3C2)cc1OC. The number of rotatable bonds is 12. The largest absolute Gasteiger partial charge is 0.508 e. The Morgan fingerprint density at radius 3 is 2.20 bits per heavy atom. The summed E-state index contributed by atoms with van der Waals surface area (Å²) in [5, 5.41) is 13.6. The maximum Gasteiger partial charge on any atom is 0.162 e. The minimum absolute atomic E-state index is 0.355. The highest BCUT2D eigenvalue weighted by Crippen LogP contribution is 2.42. The Hall–Kier alpha value is -3.18. The molecule has 1 unspecified atom stereocenters. The third-order valence-electron chi connectivity index (χ3n) is 9.03. The zero-order valence-electron chi connectivity index (χ0n) is 25.1. The number of phenols is 1. The Kier molecular flexibility index (Phi) is 10.5. The van der Waals surface area contributed by atoms with Crippen molar-refractivity contribution in [2.75, 3.05) is 45.7 Å². The smallest absolute Gasteiger partial charge is 0.162 e. The summed E-state index contributed by atoms with van der Waals surface area (Å²) in [4.78, 5) is 2.66. The Balaban J connectivity index is 1.15. The molecule has 2 aliphatic rings. The molecule has 1 saturated heterocycles. The summed E-state index contributed by atoms with van der Waals surface area (Å²) in [6, 6.07) is 19.4. The average Bonchev–Trinajstić information content (AvgIpc) is 3.28. The quantitative estimate of drug-likeness (QED) is 0.226. The van der Waals surface area contributed by atoms with Crippen LogP contribution < -0.4 is 14.8 Å². The van der Waals surface area contributed by atoms with Gasteiger partial charge < -0.3 is 24.8 Å². The van der Waals surface area contributed by atoms with E-state index < -0.39 is 0 Å². The monoisotopic (exact) mass is 556 g/mol. The Morgan fingerprint density at radius 1 is 0.805 bits per heavy atom. The van der Waals surface area contributed by atoms with Crippen molar-refractivity contribution in [1.82, 2.24) is 4.90 Å². The van der Waals surface area contributed by atoms with Crippen molar-refractivity contribution in [3.8, 4) is 17.2 Å².